The van der Waals surface area contributed by atoms with Crippen LogP contribution >= 0.6 is 0 Å². The lowest BCUT2D eigenvalue weighted by atomic mass is 10.3. The van der Waals surface area contributed by atoms with Gasteiger partial charge in [0.05, 0.1) is 18.5 Å². The van der Waals surface area contributed by atoms with Gasteiger partial charge in [-0.3, -0.25) is 4.68 Å². The smallest absolute Gasteiger partial charge is 0.355 e. The Balaban J connectivity index is 1.59. The van der Waals surface area contributed by atoms with Crippen molar-refractivity contribution in [1.29, 1.82) is 0 Å². The number of hydrogen-bond donors (Lipinski definition) is 1. The topological polar surface area (TPSA) is 75.1 Å². The zero-order valence-corrected chi connectivity index (χ0v) is 11.5. The van der Waals surface area contributed by atoms with E-state index in [2.05, 4.69) is 5.10 Å². The molecule has 1 fully saturated rings. The van der Waals surface area contributed by atoms with Crippen LogP contribution in [0.3, 0.4) is 0 Å². The monoisotopic (exact) mass is 274 g/mol. The largest absolute Gasteiger partial charge is 0.461 e. The Hall–Kier alpha value is -2.24. The lowest BCUT2D eigenvalue weighted by Crippen LogP contribution is -2.12. The Morgan fingerprint density at radius 2 is 2.30 bits per heavy atom. The van der Waals surface area contributed by atoms with Gasteiger partial charge in [-0.15, -0.1) is 0 Å². The summed E-state index contributed by atoms with van der Waals surface area (Å²) in [4.78, 5) is 12.1. The summed E-state index contributed by atoms with van der Waals surface area (Å²) in [6.45, 7) is 0.347. The van der Waals surface area contributed by atoms with Crippen LogP contribution in [-0.2, 0) is 18.2 Å². The maximum absolute atomic E-state index is 12.1. The number of nitrogens with two attached hydrogens (primary N) is 1. The number of anilines is 1. The fourth-order valence-corrected chi connectivity index (χ4v) is 2.26. The van der Waals surface area contributed by atoms with Gasteiger partial charge in [0.2, 0.25) is 0 Å². The molecular weight excluding hydrogens is 256 g/mol. The lowest BCUT2D eigenvalue weighted by Gasteiger charge is -2.07. The van der Waals surface area contributed by atoms with Gasteiger partial charge < -0.3 is 15.0 Å². The number of esters is 1. The van der Waals surface area contributed by atoms with Crippen molar-refractivity contribution in [2.45, 2.75) is 25.3 Å². The van der Waals surface area contributed by atoms with Gasteiger partial charge in [-0.1, -0.05) is 0 Å². The molecule has 1 saturated carbocycles. The molecule has 106 valence electrons. The average Bonchev–Trinajstić information content (AvgIpc) is 3.06. The maximum Gasteiger partial charge on any atom is 0.355 e. The van der Waals surface area contributed by atoms with Gasteiger partial charge in [0.1, 0.15) is 5.69 Å². The number of aromatic nitrogens is 3. The molecule has 20 heavy (non-hydrogen) atoms. The molecule has 0 amide bonds. The first-order valence-corrected chi connectivity index (χ1v) is 6.75. The van der Waals surface area contributed by atoms with Gasteiger partial charge in [-0.25, -0.2) is 4.79 Å². The third-order valence-corrected chi connectivity index (χ3v) is 3.40. The van der Waals surface area contributed by atoms with Crippen LogP contribution in [-0.4, -0.2) is 26.9 Å². The van der Waals surface area contributed by atoms with Crippen LogP contribution in [0.4, 0.5) is 5.69 Å². The molecule has 2 N–H and O–H groups in total. The Morgan fingerprint density at radius 1 is 1.50 bits per heavy atom. The summed E-state index contributed by atoms with van der Waals surface area (Å²) < 4.78 is 8.99. The van der Waals surface area contributed by atoms with Gasteiger partial charge in [0.15, 0.2) is 0 Å². The molecule has 1 aliphatic carbocycles. The van der Waals surface area contributed by atoms with Crippen LogP contribution in [0.5, 0.6) is 0 Å². The first-order valence-electron chi connectivity index (χ1n) is 6.75. The fourth-order valence-electron chi connectivity index (χ4n) is 2.26. The molecule has 6 nitrogen and oxygen atoms in total. The maximum atomic E-state index is 12.1. The van der Waals surface area contributed by atoms with Crippen molar-refractivity contribution < 1.29 is 9.53 Å². The third kappa shape index (κ3) is 2.68. The van der Waals surface area contributed by atoms with E-state index in [1.165, 1.54) is 0 Å². The number of carbonyl (C=O) groups excluding carboxylic acids is 1. The minimum atomic E-state index is -0.308. The van der Waals surface area contributed by atoms with Crippen LogP contribution < -0.4 is 5.73 Å². The molecule has 0 aromatic carbocycles. The second-order valence-corrected chi connectivity index (χ2v) is 5.21. The second kappa shape index (κ2) is 5.03. The summed E-state index contributed by atoms with van der Waals surface area (Å²) >= 11 is 0. The zero-order valence-electron chi connectivity index (χ0n) is 11.5. The van der Waals surface area contributed by atoms with Crippen molar-refractivity contribution in [2.24, 2.45) is 7.05 Å². The molecule has 0 spiro atoms. The molecule has 0 bridgehead atoms. The number of aryl methyl sites for hydroxylation is 1. The van der Waals surface area contributed by atoms with E-state index >= 15 is 0 Å². The molecule has 0 radical (unpaired) electrons. The molecule has 2 heterocycles. The van der Waals surface area contributed by atoms with Crippen molar-refractivity contribution in [1.82, 2.24) is 14.3 Å². The van der Waals surface area contributed by atoms with Crippen molar-refractivity contribution in [3.63, 3.8) is 0 Å². The number of ether oxygens (including phenoxy) is 1. The highest BCUT2D eigenvalue weighted by Gasteiger charge is 2.28. The van der Waals surface area contributed by atoms with Crippen LogP contribution in [0.1, 0.15) is 34.9 Å². The van der Waals surface area contributed by atoms with Gasteiger partial charge in [0.25, 0.3) is 0 Å². The van der Waals surface area contributed by atoms with E-state index < -0.39 is 0 Å². The second-order valence-electron chi connectivity index (χ2n) is 5.21. The zero-order chi connectivity index (χ0) is 14.1. The van der Waals surface area contributed by atoms with E-state index in [0.717, 1.165) is 18.4 Å². The molecule has 0 unspecified atom stereocenters. The van der Waals surface area contributed by atoms with Crippen molar-refractivity contribution >= 4 is 11.7 Å². The first kappa shape index (κ1) is 12.8. The van der Waals surface area contributed by atoms with E-state index in [4.69, 9.17) is 10.5 Å². The van der Waals surface area contributed by atoms with Crippen molar-refractivity contribution in [3.8, 4) is 0 Å². The van der Waals surface area contributed by atoms with Crippen LogP contribution in [0, 0.1) is 0 Å². The molecule has 2 aromatic heterocycles. The Kier molecular flexibility index (Phi) is 3.22. The minimum absolute atomic E-state index is 0.308. The van der Waals surface area contributed by atoms with Gasteiger partial charge in [-0.05, 0) is 24.5 Å². The van der Waals surface area contributed by atoms with Crippen molar-refractivity contribution in [2.75, 3.05) is 12.3 Å². The number of hydrogen-bond acceptors (Lipinski definition) is 4. The Labute approximate surface area is 117 Å². The molecule has 0 saturated heterocycles. The molecular formula is C14H18N4O2. The average molecular weight is 274 g/mol. The standard InChI is InChI=1S/C14H18N4O2/c1-17-8-10(7-16-17)4-5-20-14(19)13-6-11(15)9-18(13)12-2-3-12/h6-9,12H,2-5,15H2,1H3. The Bertz CT molecular complexity index is 625. The first-order chi connectivity index (χ1) is 9.63. The van der Waals surface area contributed by atoms with Crippen molar-refractivity contribution in [3.05, 3.63) is 35.9 Å². The molecule has 2 aromatic rings. The number of rotatable bonds is 5. The van der Waals surface area contributed by atoms with Crippen LogP contribution in [0.2, 0.25) is 0 Å². The fraction of sp³-hybridized carbons (Fsp3) is 0.429. The highest BCUT2D eigenvalue weighted by molar-refractivity contribution is 5.89. The van der Waals surface area contributed by atoms with Crippen LogP contribution in [0.15, 0.2) is 24.7 Å². The normalized spacial score (nSPS) is 14.4. The molecule has 3 rings (SSSR count). The summed E-state index contributed by atoms with van der Waals surface area (Å²) in [5, 5.41) is 4.08. The quantitative estimate of drug-likeness (QED) is 0.839. The highest BCUT2D eigenvalue weighted by Crippen LogP contribution is 2.37. The lowest BCUT2D eigenvalue weighted by molar-refractivity contribution is 0.0496. The van der Waals surface area contributed by atoms with Crippen LogP contribution in [0.25, 0.3) is 0 Å². The molecule has 1 aliphatic rings. The van der Waals surface area contributed by atoms with E-state index in [-0.39, 0.29) is 5.97 Å². The molecule has 6 heteroatoms. The predicted molar refractivity (Wildman–Crippen MR) is 74.3 cm³/mol. The van der Waals surface area contributed by atoms with E-state index in [9.17, 15) is 4.79 Å². The summed E-state index contributed by atoms with van der Waals surface area (Å²) in [6.07, 6.45) is 8.38. The summed E-state index contributed by atoms with van der Waals surface area (Å²) in [5.74, 6) is -0.308. The number of nitrogen functional groups attached to an aromatic ring is 1. The van der Waals surface area contributed by atoms with E-state index in [0.29, 0.717) is 30.5 Å². The predicted octanol–water partition coefficient (Wildman–Crippen LogP) is 1.54. The third-order valence-electron chi connectivity index (χ3n) is 3.40. The van der Waals surface area contributed by atoms with Gasteiger partial charge in [0, 0.05) is 31.9 Å². The molecule has 0 aliphatic heterocycles. The minimum Gasteiger partial charge on any atom is -0.461 e. The van der Waals surface area contributed by atoms with Gasteiger partial charge >= 0.3 is 5.97 Å². The van der Waals surface area contributed by atoms with E-state index in [1.54, 1.807) is 16.9 Å². The van der Waals surface area contributed by atoms with E-state index in [1.807, 2.05) is 24.0 Å². The summed E-state index contributed by atoms with van der Waals surface area (Å²) in [5.41, 5.74) is 7.98. The molecule has 0 atom stereocenters. The summed E-state index contributed by atoms with van der Waals surface area (Å²) in [7, 11) is 1.86. The highest BCUT2D eigenvalue weighted by atomic mass is 16.5. The number of nitrogens with zero attached hydrogens (tertiary/aromatic N) is 3. The van der Waals surface area contributed by atoms with Gasteiger partial charge in [-0.2, -0.15) is 5.10 Å². The SMILES string of the molecule is Cn1cc(CCOC(=O)c2cc(N)cn2C2CC2)cn1. The Morgan fingerprint density at radius 3 is 2.95 bits per heavy atom. The number of carbonyl (C=O) groups is 1. The summed E-state index contributed by atoms with van der Waals surface area (Å²) in [6, 6.07) is 2.10.